The summed E-state index contributed by atoms with van der Waals surface area (Å²) in [6, 6.07) is 28.8. The average Bonchev–Trinajstić information content (AvgIpc) is 4.17. The first-order chi connectivity index (χ1) is 33.8. The molecule has 1 N–H and O–H groups in total. The fourth-order valence-corrected chi connectivity index (χ4v) is 13.8. The number of benzene rings is 6. The Hall–Kier alpha value is -7.69. The molecule has 0 fully saturated rings. The number of hydrogen-bond donors (Lipinski definition) is 1. The number of aliphatic hydroxyl groups excluding tert-OH is 1. The Kier molecular flexibility index (Phi) is 10.1. The van der Waals surface area contributed by atoms with Gasteiger partial charge in [0.1, 0.15) is 19.3 Å². The van der Waals surface area contributed by atoms with E-state index in [2.05, 4.69) is 0 Å². The molecule has 1 atom stereocenters. The van der Waals surface area contributed by atoms with Gasteiger partial charge >= 0.3 is 11.9 Å². The second kappa shape index (κ2) is 16.2. The number of thiophene rings is 3. The standard InChI is InChI=1S/C55H28F4O8S3/c56-39-15-27-11-33-34(12-28(27)16-40(39)57)47(61)37(46(33)60)19-31-20-43-45(55(31,53(64)66-23-25-7-3-1-4-8-25)54(65)67-24-26-9-5-2-6-10-26)51-52(69-43)50-44(70-51)22-32(68-50)21-38-48(62)35-13-29-17-41(58)42(59)18-30(29)14-36(35)49(38)63/h1-22,46,60H,23-24H2/b37-19-. The van der Waals surface area contributed by atoms with Crippen molar-refractivity contribution in [3.63, 3.8) is 0 Å². The number of Topliss-reactive ketones (excluding diaryl/α,β-unsaturated/α-hetero) is 3. The molecule has 12 rings (SSSR count). The molecule has 0 radical (unpaired) electrons. The lowest BCUT2D eigenvalue weighted by Gasteiger charge is -2.28. The number of allylic oxidation sites excluding steroid dienone is 2. The molecule has 0 amide bonds. The van der Waals surface area contributed by atoms with Crippen molar-refractivity contribution in [3.8, 4) is 0 Å². The zero-order valence-electron chi connectivity index (χ0n) is 35.7. The number of ketones is 3. The summed E-state index contributed by atoms with van der Waals surface area (Å²) in [6.07, 6.45) is 2.78. The molecule has 1 unspecified atom stereocenters. The molecule has 0 bridgehead atoms. The zero-order valence-corrected chi connectivity index (χ0v) is 38.2. The summed E-state index contributed by atoms with van der Waals surface area (Å²) in [5.74, 6) is -8.19. The molecule has 0 saturated carbocycles. The van der Waals surface area contributed by atoms with Crippen molar-refractivity contribution < 1.29 is 56.1 Å². The monoisotopic (exact) mass is 988 g/mol. The smallest absolute Gasteiger partial charge is 0.333 e. The third kappa shape index (κ3) is 6.67. The van der Waals surface area contributed by atoms with Crippen molar-refractivity contribution in [3.05, 3.63) is 210 Å². The SMILES string of the molecule is O=C1C(=Cc2cc3sc4c5c(sc4c3s2)C=C(/C=C2\C(=O)c3cc4cc(F)c(F)cc4cc3C2O)C5(C(=O)OCc2ccccc2)C(=O)OCc2ccccc2)C(=O)c2cc3cc(F)c(F)cc3cc21. The van der Waals surface area contributed by atoms with E-state index in [0.29, 0.717) is 35.0 Å². The summed E-state index contributed by atoms with van der Waals surface area (Å²) in [5, 5.41) is 12.8. The van der Waals surface area contributed by atoms with Crippen LogP contribution in [-0.2, 0) is 37.7 Å². The maximum Gasteiger partial charge on any atom is 0.333 e. The molecular formula is C55H28F4O8S3. The number of rotatable bonds is 8. The van der Waals surface area contributed by atoms with Crippen LogP contribution in [0.4, 0.5) is 17.6 Å². The Morgan fingerprint density at radius 3 is 1.64 bits per heavy atom. The van der Waals surface area contributed by atoms with Gasteiger partial charge in [-0.05, 0) is 117 Å². The predicted molar refractivity (Wildman–Crippen MR) is 259 cm³/mol. The van der Waals surface area contributed by atoms with Gasteiger partial charge in [0.2, 0.25) is 5.41 Å². The van der Waals surface area contributed by atoms with Crippen LogP contribution >= 0.6 is 34.0 Å². The van der Waals surface area contributed by atoms with Gasteiger partial charge in [-0.2, -0.15) is 0 Å². The van der Waals surface area contributed by atoms with Gasteiger partial charge in [-0.15, -0.1) is 34.0 Å². The first-order valence-electron chi connectivity index (χ1n) is 21.5. The van der Waals surface area contributed by atoms with Crippen molar-refractivity contribution in [2.75, 3.05) is 0 Å². The maximum atomic E-state index is 15.2. The Balaban J connectivity index is 0.995. The van der Waals surface area contributed by atoms with E-state index in [1.807, 2.05) is 0 Å². The van der Waals surface area contributed by atoms with Crippen molar-refractivity contribution >= 4 is 116 Å². The predicted octanol–water partition coefficient (Wildman–Crippen LogP) is 12.5. The number of hydrogen-bond acceptors (Lipinski definition) is 11. The molecule has 70 heavy (non-hydrogen) atoms. The summed E-state index contributed by atoms with van der Waals surface area (Å²) < 4.78 is 71.6. The Labute approximate surface area is 404 Å². The number of fused-ring (bicyclic) bond motifs is 9. The van der Waals surface area contributed by atoms with Gasteiger partial charge in [0.15, 0.2) is 40.6 Å². The Morgan fingerprint density at radius 2 is 1.10 bits per heavy atom. The summed E-state index contributed by atoms with van der Waals surface area (Å²) >= 11 is 3.79. The average molecular weight is 989 g/mol. The third-order valence-electron chi connectivity index (χ3n) is 12.9. The molecule has 8 nitrogen and oxygen atoms in total. The normalized spacial score (nSPS) is 16.4. The molecule has 3 aromatic heterocycles. The van der Waals surface area contributed by atoms with Crippen LogP contribution < -0.4 is 0 Å². The number of esters is 2. The number of halogens is 4. The summed E-state index contributed by atoms with van der Waals surface area (Å²) in [4.78, 5) is 73.1. The molecule has 3 aliphatic carbocycles. The van der Waals surface area contributed by atoms with Crippen LogP contribution in [0.25, 0.3) is 52.5 Å². The largest absolute Gasteiger partial charge is 0.459 e. The molecule has 3 heterocycles. The lowest BCUT2D eigenvalue weighted by atomic mass is 9.76. The molecule has 342 valence electrons. The van der Waals surface area contributed by atoms with Crippen LogP contribution in [0.3, 0.4) is 0 Å². The van der Waals surface area contributed by atoms with Crippen molar-refractivity contribution in [1.29, 1.82) is 0 Å². The second-order valence-electron chi connectivity index (χ2n) is 17.0. The highest BCUT2D eigenvalue weighted by atomic mass is 32.1. The first-order valence-corrected chi connectivity index (χ1v) is 24.0. The van der Waals surface area contributed by atoms with Gasteiger partial charge in [-0.1, -0.05) is 60.7 Å². The minimum atomic E-state index is -2.36. The quantitative estimate of drug-likeness (QED) is 0.0525. The first kappa shape index (κ1) is 43.6. The van der Waals surface area contributed by atoms with Gasteiger partial charge in [0, 0.05) is 42.3 Å². The number of ether oxygens (including phenoxy) is 2. The number of aliphatic hydroxyl groups is 1. The van der Waals surface area contributed by atoms with E-state index in [0.717, 1.165) is 29.0 Å². The van der Waals surface area contributed by atoms with Gasteiger partial charge in [-0.3, -0.25) is 24.0 Å². The van der Waals surface area contributed by atoms with E-state index in [1.165, 1.54) is 70.4 Å². The highest BCUT2D eigenvalue weighted by Gasteiger charge is 2.59. The molecule has 9 aromatic rings. The van der Waals surface area contributed by atoms with Crippen LogP contribution in [0.15, 0.2) is 138 Å². The molecular weight excluding hydrogens is 961 g/mol. The van der Waals surface area contributed by atoms with Crippen molar-refractivity contribution in [2.24, 2.45) is 0 Å². The van der Waals surface area contributed by atoms with E-state index >= 15 is 9.59 Å². The van der Waals surface area contributed by atoms with Crippen molar-refractivity contribution in [1.82, 2.24) is 0 Å². The van der Waals surface area contributed by atoms with Crippen LogP contribution in [0.1, 0.15) is 69.2 Å². The minimum absolute atomic E-state index is 0.0123. The van der Waals surface area contributed by atoms with Crippen LogP contribution in [0, 0.1) is 23.3 Å². The van der Waals surface area contributed by atoms with Gasteiger partial charge in [0.25, 0.3) is 0 Å². The van der Waals surface area contributed by atoms with Gasteiger partial charge in [-0.25, -0.2) is 17.6 Å². The molecule has 15 heteroatoms. The lowest BCUT2D eigenvalue weighted by molar-refractivity contribution is -0.164. The fraction of sp³-hybridized carbons (Fsp3) is 0.0727. The Bertz CT molecular complexity index is 3840. The minimum Gasteiger partial charge on any atom is -0.459 e. The van der Waals surface area contributed by atoms with Crippen molar-refractivity contribution in [2.45, 2.75) is 24.7 Å². The molecule has 0 aliphatic heterocycles. The van der Waals surface area contributed by atoms with Gasteiger partial charge in [0.05, 0.1) is 19.7 Å². The van der Waals surface area contributed by atoms with Crippen LogP contribution in [0.5, 0.6) is 0 Å². The fourth-order valence-electron chi connectivity index (χ4n) is 9.50. The van der Waals surface area contributed by atoms with E-state index in [-0.39, 0.29) is 79.3 Å². The molecule has 3 aliphatic rings. The van der Waals surface area contributed by atoms with Gasteiger partial charge < -0.3 is 14.6 Å². The Morgan fingerprint density at radius 1 is 0.586 bits per heavy atom. The molecule has 0 spiro atoms. The molecule has 0 saturated heterocycles. The highest BCUT2D eigenvalue weighted by Crippen LogP contribution is 2.57. The third-order valence-corrected chi connectivity index (χ3v) is 16.7. The van der Waals surface area contributed by atoms with E-state index < -0.39 is 64.1 Å². The molecule has 6 aromatic carbocycles. The van der Waals surface area contributed by atoms with E-state index in [1.54, 1.807) is 72.8 Å². The van der Waals surface area contributed by atoms with Crippen LogP contribution in [0.2, 0.25) is 0 Å². The summed E-state index contributed by atoms with van der Waals surface area (Å²) in [7, 11) is 0. The second-order valence-corrected chi connectivity index (χ2v) is 20.2. The van der Waals surface area contributed by atoms with E-state index in [4.69, 9.17) is 9.47 Å². The highest BCUT2D eigenvalue weighted by molar-refractivity contribution is 7.39. The lowest BCUT2D eigenvalue weighted by Crippen LogP contribution is -2.46. The van der Waals surface area contributed by atoms with Crippen LogP contribution in [-0.4, -0.2) is 34.4 Å². The zero-order chi connectivity index (χ0) is 48.3. The number of carbonyl (C=O) groups is 5. The summed E-state index contributed by atoms with van der Waals surface area (Å²) in [6.45, 7) is -0.482. The van der Waals surface area contributed by atoms with E-state index in [9.17, 15) is 37.1 Å². The maximum absolute atomic E-state index is 15.2. The number of carbonyl (C=O) groups excluding carboxylic acids is 5. The topological polar surface area (TPSA) is 124 Å². The summed E-state index contributed by atoms with van der Waals surface area (Å²) in [5.41, 5.74) is -0.897.